The lowest BCUT2D eigenvalue weighted by Crippen LogP contribution is -2.57. The first-order valence-corrected chi connectivity index (χ1v) is 14.9. The summed E-state index contributed by atoms with van der Waals surface area (Å²) in [6.07, 6.45) is 10.4. The Morgan fingerprint density at radius 3 is 2.76 bits per heavy atom. The molecule has 0 bridgehead atoms. The van der Waals surface area contributed by atoms with Crippen molar-refractivity contribution in [3.63, 3.8) is 0 Å². The number of aromatic nitrogens is 3. The summed E-state index contributed by atoms with van der Waals surface area (Å²) in [6.45, 7) is 5.17. The number of ketones is 1. The van der Waals surface area contributed by atoms with Crippen molar-refractivity contribution in [1.82, 2.24) is 15.0 Å². The van der Waals surface area contributed by atoms with Gasteiger partial charge in [0.05, 0.1) is 10.6 Å². The molecule has 4 fully saturated rings. The molecule has 4 aliphatic rings. The topological polar surface area (TPSA) is 77.2 Å². The van der Waals surface area contributed by atoms with Crippen LogP contribution in [0.1, 0.15) is 78.1 Å². The predicted molar refractivity (Wildman–Crippen MR) is 144 cm³/mol. The molecule has 8 heteroatoms. The van der Waals surface area contributed by atoms with Crippen molar-refractivity contribution in [3.8, 4) is 0 Å². The van der Waals surface area contributed by atoms with Crippen LogP contribution < -0.4 is 0 Å². The first-order chi connectivity index (χ1) is 18.1. The molecule has 208 valence electrons. The number of rotatable bonds is 6. The Hall–Kier alpha value is -1.57. The molecule has 2 aromatic rings. The summed E-state index contributed by atoms with van der Waals surface area (Å²) in [7, 11) is 1.80. The summed E-state index contributed by atoms with van der Waals surface area (Å²) in [6, 6.07) is 3.12. The molecule has 0 aliphatic heterocycles. The van der Waals surface area contributed by atoms with E-state index in [-0.39, 0.29) is 39.6 Å². The highest BCUT2D eigenvalue weighted by Crippen LogP contribution is 2.69. The lowest BCUT2D eigenvalue weighted by atomic mass is 9.42. The number of hydrogen-bond donors (Lipinski definition) is 1. The highest BCUT2D eigenvalue weighted by atomic mass is 35.5. The number of Topliss-reactive ketones (excluding diaryl/α,β-unsaturated/α-hetero) is 1. The summed E-state index contributed by atoms with van der Waals surface area (Å²) < 4.78 is 21.8. The quantitative estimate of drug-likeness (QED) is 0.466. The Morgan fingerprint density at radius 2 is 1.97 bits per heavy atom. The zero-order chi connectivity index (χ0) is 26.9. The Kier molecular flexibility index (Phi) is 6.67. The lowest BCUT2D eigenvalue weighted by Gasteiger charge is -2.63. The van der Waals surface area contributed by atoms with E-state index >= 15 is 0 Å². The van der Waals surface area contributed by atoms with E-state index in [1.165, 1.54) is 17.2 Å². The Bertz CT molecular complexity index is 1230. The van der Waals surface area contributed by atoms with Crippen molar-refractivity contribution in [3.05, 3.63) is 23.0 Å². The van der Waals surface area contributed by atoms with Gasteiger partial charge < -0.3 is 9.84 Å². The van der Waals surface area contributed by atoms with Crippen LogP contribution in [0.25, 0.3) is 11.0 Å². The number of ether oxygens (including phenoxy) is 1. The van der Waals surface area contributed by atoms with E-state index < -0.39 is 11.4 Å². The van der Waals surface area contributed by atoms with Gasteiger partial charge in [-0.1, -0.05) is 23.7 Å². The molecule has 0 saturated heterocycles. The number of halogens is 2. The van der Waals surface area contributed by atoms with Gasteiger partial charge in [0, 0.05) is 19.6 Å². The second kappa shape index (κ2) is 9.52. The maximum atomic E-state index is 14.8. The van der Waals surface area contributed by atoms with Crippen molar-refractivity contribution in [2.24, 2.45) is 40.4 Å². The highest BCUT2D eigenvalue weighted by molar-refractivity contribution is 6.31. The van der Waals surface area contributed by atoms with Gasteiger partial charge in [-0.15, -0.1) is 5.10 Å². The van der Waals surface area contributed by atoms with Crippen molar-refractivity contribution in [2.45, 2.75) is 90.2 Å². The first-order valence-electron chi connectivity index (χ1n) is 14.5. The zero-order valence-corrected chi connectivity index (χ0v) is 23.6. The summed E-state index contributed by atoms with van der Waals surface area (Å²) in [5.74, 6) is 1.85. The van der Waals surface area contributed by atoms with Gasteiger partial charge in [-0.25, -0.2) is 9.07 Å². The molecule has 38 heavy (non-hydrogen) atoms. The summed E-state index contributed by atoms with van der Waals surface area (Å²) >= 11 is 6.01. The summed E-state index contributed by atoms with van der Waals surface area (Å²) in [4.78, 5) is 13.8. The SMILES string of the molecule is COCC[C@]12CC[C@@](C)(O)C[C@H]1CC[C@H]1[C@@H]3CC[C@H](C(=O)Cn4nnc5ccc(Cl)c(F)c54)[C@@]3(C)CC[C@@H]12. The number of carbonyl (C=O) groups excluding carboxylic acids is 1. The molecule has 1 N–H and O–H groups in total. The highest BCUT2D eigenvalue weighted by Gasteiger charge is 2.62. The fourth-order valence-corrected chi connectivity index (χ4v) is 10.1. The number of methoxy groups -OCH3 is 1. The molecule has 4 aliphatic carbocycles. The van der Waals surface area contributed by atoms with Crippen molar-refractivity contribution in [1.29, 1.82) is 0 Å². The van der Waals surface area contributed by atoms with Crippen LogP contribution in [0.3, 0.4) is 0 Å². The second-order valence-corrected chi connectivity index (χ2v) is 13.9. The molecule has 0 unspecified atom stereocenters. The number of aliphatic hydroxyl groups is 1. The normalized spacial score (nSPS) is 40.5. The number of carbonyl (C=O) groups is 1. The van der Waals surface area contributed by atoms with Crippen LogP contribution in [-0.2, 0) is 16.1 Å². The van der Waals surface area contributed by atoms with Gasteiger partial charge in [0.15, 0.2) is 11.6 Å². The Balaban J connectivity index is 1.24. The van der Waals surface area contributed by atoms with E-state index in [9.17, 15) is 14.3 Å². The van der Waals surface area contributed by atoms with Crippen LogP contribution in [0, 0.1) is 46.2 Å². The lowest BCUT2D eigenvalue weighted by molar-refractivity contribution is -0.163. The molecule has 6 rings (SSSR count). The number of fused-ring (bicyclic) bond motifs is 6. The summed E-state index contributed by atoms with van der Waals surface area (Å²) in [5, 5.41) is 19.1. The average molecular weight is 546 g/mol. The molecule has 0 radical (unpaired) electrons. The molecule has 1 aromatic carbocycles. The maximum Gasteiger partial charge on any atom is 0.169 e. The fourth-order valence-electron chi connectivity index (χ4n) is 9.92. The third kappa shape index (κ3) is 4.05. The van der Waals surface area contributed by atoms with Gasteiger partial charge in [0.2, 0.25) is 0 Å². The predicted octanol–water partition coefficient (Wildman–Crippen LogP) is 6.22. The van der Waals surface area contributed by atoms with Gasteiger partial charge >= 0.3 is 0 Å². The van der Waals surface area contributed by atoms with Crippen LogP contribution in [0.15, 0.2) is 12.1 Å². The third-order valence-corrected chi connectivity index (χ3v) is 12.0. The van der Waals surface area contributed by atoms with Gasteiger partial charge in [0.25, 0.3) is 0 Å². The molecule has 0 amide bonds. The monoisotopic (exact) mass is 545 g/mol. The minimum absolute atomic E-state index is 0.0157. The van der Waals surface area contributed by atoms with Crippen molar-refractivity contribution < 1.29 is 19.0 Å². The summed E-state index contributed by atoms with van der Waals surface area (Å²) in [5.41, 5.74) is 0.264. The molecular weight excluding hydrogens is 505 g/mol. The van der Waals surface area contributed by atoms with Crippen LogP contribution in [0.2, 0.25) is 5.02 Å². The Morgan fingerprint density at radius 1 is 1.16 bits per heavy atom. The van der Waals surface area contributed by atoms with Gasteiger partial charge in [0.1, 0.15) is 17.6 Å². The van der Waals surface area contributed by atoms with Crippen molar-refractivity contribution >= 4 is 28.4 Å². The standard InChI is InChI=1S/C30H41ClFN3O3/c1-28(37)12-13-30(14-15-38-3)18(16-28)4-5-19-20-6-7-22(29(20,2)11-10-21(19)30)25(36)17-35-27-24(33-34-35)9-8-23(31)26(27)32/h8-9,18-22,37H,4-7,10-17H2,1-3H3/t18-,19+,20+,21+,22-,28-,29+,30-/m1/s1. The number of hydrogen-bond acceptors (Lipinski definition) is 5. The fraction of sp³-hybridized carbons (Fsp3) is 0.767. The van der Waals surface area contributed by atoms with Crippen LogP contribution in [0.5, 0.6) is 0 Å². The molecule has 0 spiro atoms. The van der Waals surface area contributed by atoms with Gasteiger partial charge in [-0.2, -0.15) is 0 Å². The van der Waals surface area contributed by atoms with Gasteiger partial charge in [-0.05, 0) is 118 Å². The molecule has 1 aromatic heterocycles. The smallest absolute Gasteiger partial charge is 0.169 e. The zero-order valence-electron chi connectivity index (χ0n) is 22.9. The van der Waals surface area contributed by atoms with E-state index in [4.69, 9.17) is 16.3 Å². The largest absolute Gasteiger partial charge is 0.390 e. The minimum Gasteiger partial charge on any atom is -0.390 e. The minimum atomic E-state index is -0.567. The van der Waals surface area contributed by atoms with Crippen LogP contribution in [-0.4, -0.2) is 45.2 Å². The average Bonchev–Trinajstić information content (AvgIpc) is 3.45. The van der Waals surface area contributed by atoms with E-state index in [2.05, 4.69) is 17.2 Å². The molecule has 6 nitrogen and oxygen atoms in total. The van der Waals surface area contributed by atoms with E-state index in [1.807, 2.05) is 6.92 Å². The molecule has 4 saturated carbocycles. The molecule has 8 atom stereocenters. The number of benzene rings is 1. The third-order valence-electron chi connectivity index (χ3n) is 11.7. The van der Waals surface area contributed by atoms with E-state index in [1.54, 1.807) is 13.2 Å². The van der Waals surface area contributed by atoms with E-state index in [0.29, 0.717) is 29.2 Å². The van der Waals surface area contributed by atoms with Gasteiger partial charge in [-0.3, -0.25) is 4.79 Å². The maximum absolute atomic E-state index is 14.8. The van der Waals surface area contributed by atoms with Crippen LogP contribution in [0.4, 0.5) is 4.39 Å². The first kappa shape index (κ1) is 26.6. The number of nitrogens with zero attached hydrogens (tertiary/aromatic N) is 3. The van der Waals surface area contributed by atoms with Crippen molar-refractivity contribution in [2.75, 3.05) is 13.7 Å². The molecule has 1 heterocycles. The molecular formula is C30H41ClFN3O3. The second-order valence-electron chi connectivity index (χ2n) is 13.4. The van der Waals surface area contributed by atoms with E-state index in [0.717, 1.165) is 64.4 Å². The van der Waals surface area contributed by atoms with Crippen LogP contribution >= 0.6 is 11.6 Å². The Labute approximate surface area is 229 Å².